The van der Waals surface area contributed by atoms with Crippen molar-refractivity contribution >= 4 is 11.6 Å². The van der Waals surface area contributed by atoms with Crippen molar-refractivity contribution in [2.75, 3.05) is 16.8 Å². The summed E-state index contributed by atoms with van der Waals surface area (Å²) in [5, 5.41) is 3.45. The molecule has 0 atom stereocenters. The van der Waals surface area contributed by atoms with Crippen molar-refractivity contribution in [1.29, 1.82) is 0 Å². The number of fused-ring (bicyclic) bond motifs is 1. The van der Waals surface area contributed by atoms with Crippen LogP contribution in [0.2, 0.25) is 0 Å². The van der Waals surface area contributed by atoms with Gasteiger partial charge in [-0.25, -0.2) is 9.97 Å². The Kier molecular flexibility index (Phi) is 4.80. The molecule has 2 aromatic rings. The Labute approximate surface area is 155 Å². The molecule has 1 fully saturated rings. The molecule has 5 nitrogen and oxygen atoms in total. The van der Waals surface area contributed by atoms with Crippen LogP contribution in [0.5, 0.6) is 5.75 Å². The van der Waals surface area contributed by atoms with E-state index < -0.39 is 6.36 Å². The zero-order valence-electron chi connectivity index (χ0n) is 14.8. The van der Waals surface area contributed by atoms with E-state index in [1.807, 2.05) is 6.07 Å². The number of rotatable bonds is 4. The molecular formula is C19H21F3N4O. The fraction of sp³-hybridized carbons (Fsp3) is 0.474. The minimum absolute atomic E-state index is 0.186. The van der Waals surface area contributed by atoms with Crippen molar-refractivity contribution in [3.05, 3.63) is 41.7 Å². The SMILES string of the molecule is FC(F)(F)Oc1ccc2c(c1)CN(c1cc(NC3CCCC3)ncn1)CC2. The zero-order valence-corrected chi connectivity index (χ0v) is 14.8. The van der Waals surface area contributed by atoms with Crippen molar-refractivity contribution in [3.63, 3.8) is 0 Å². The number of ether oxygens (including phenoxy) is 1. The van der Waals surface area contributed by atoms with Gasteiger partial charge in [0.25, 0.3) is 0 Å². The summed E-state index contributed by atoms with van der Waals surface area (Å²) in [5.74, 6) is 1.39. The van der Waals surface area contributed by atoms with Gasteiger partial charge in [0.15, 0.2) is 0 Å². The summed E-state index contributed by atoms with van der Waals surface area (Å²) < 4.78 is 41.5. The number of nitrogens with zero attached hydrogens (tertiary/aromatic N) is 3. The number of aromatic nitrogens is 2. The normalized spacial score (nSPS) is 17.7. The molecule has 0 spiro atoms. The first-order valence-electron chi connectivity index (χ1n) is 9.17. The summed E-state index contributed by atoms with van der Waals surface area (Å²) in [6, 6.07) is 6.92. The standard InChI is InChI=1S/C19H21F3N4O/c20-19(21,22)27-16-6-5-13-7-8-26(11-14(13)9-16)18-10-17(23-12-24-18)25-15-3-1-2-4-15/h5-6,9-10,12,15H,1-4,7-8,11H2,(H,23,24,25). The Bertz CT molecular complexity index is 806. The molecule has 8 heteroatoms. The van der Waals surface area contributed by atoms with Gasteiger partial charge in [-0.1, -0.05) is 18.9 Å². The van der Waals surface area contributed by atoms with E-state index in [-0.39, 0.29) is 5.75 Å². The van der Waals surface area contributed by atoms with Crippen LogP contribution in [0.1, 0.15) is 36.8 Å². The third kappa shape index (κ3) is 4.43. The number of nitrogens with one attached hydrogen (secondary N) is 1. The molecule has 1 aliphatic heterocycles. The van der Waals surface area contributed by atoms with E-state index in [4.69, 9.17) is 0 Å². The number of alkyl halides is 3. The lowest BCUT2D eigenvalue weighted by Gasteiger charge is -2.30. The first-order chi connectivity index (χ1) is 13.0. The molecule has 1 N–H and O–H groups in total. The third-order valence-corrected chi connectivity index (χ3v) is 5.11. The summed E-state index contributed by atoms with van der Waals surface area (Å²) in [6.45, 7) is 1.25. The van der Waals surface area contributed by atoms with Gasteiger partial charge >= 0.3 is 6.36 Å². The zero-order chi connectivity index (χ0) is 18.9. The van der Waals surface area contributed by atoms with Crippen LogP contribution in [0.25, 0.3) is 0 Å². The highest BCUT2D eigenvalue weighted by molar-refractivity contribution is 5.51. The van der Waals surface area contributed by atoms with Crippen molar-refractivity contribution in [3.8, 4) is 5.75 Å². The number of hydrogen-bond acceptors (Lipinski definition) is 5. The largest absolute Gasteiger partial charge is 0.573 e. The molecule has 27 heavy (non-hydrogen) atoms. The molecule has 1 aromatic carbocycles. The average molecular weight is 378 g/mol. The number of halogens is 3. The maximum atomic E-state index is 12.5. The lowest BCUT2D eigenvalue weighted by Crippen LogP contribution is -2.31. The second-order valence-electron chi connectivity index (χ2n) is 7.04. The maximum Gasteiger partial charge on any atom is 0.573 e. The van der Waals surface area contributed by atoms with Crippen LogP contribution in [-0.4, -0.2) is 28.9 Å². The van der Waals surface area contributed by atoms with Crippen molar-refractivity contribution < 1.29 is 17.9 Å². The number of anilines is 2. The predicted octanol–water partition coefficient (Wildman–Crippen LogP) is 4.29. The Balaban J connectivity index is 1.49. The van der Waals surface area contributed by atoms with Gasteiger partial charge in [0.1, 0.15) is 23.7 Å². The summed E-state index contributed by atoms with van der Waals surface area (Å²) >= 11 is 0. The molecule has 0 radical (unpaired) electrons. The molecule has 2 aliphatic rings. The Morgan fingerprint density at radius 2 is 1.89 bits per heavy atom. The average Bonchev–Trinajstić information content (AvgIpc) is 3.13. The van der Waals surface area contributed by atoms with Crippen LogP contribution >= 0.6 is 0 Å². The lowest BCUT2D eigenvalue weighted by molar-refractivity contribution is -0.274. The highest BCUT2D eigenvalue weighted by Crippen LogP contribution is 2.30. The molecule has 1 aromatic heterocycles. The topological polar surface area (TPSA) is 50.3 Å². The molecule has 4 rings (SSSR count). The van der Waals surface area contributed by atoms with E-state index in [0.29, 0.717) is 12.6 Å². The van der Waals surface area contributed by atoms with Crippen molar-refractivity contribution in [2.45, 2.75) is 51.1 Å². The van der Waals surface area contributed by atoms with E-state index in [1.54, 1.807) is 6.07 Å². The molecule has 0 saturated heterocycles. The third-order valence-electron chi connectivity index (χ3n) is 5.11. The second-order valence-corrected chi connectivity index (χ2v) is 7.04. The first kappa shape index (κ1) is 17.9. The van der Waals surface area contributed by atoms with E-state index in [1.165, 1.54) is 31.3 Å². The van der Waals surface area contributed by atoms with Crippen LogP contribution in [0.15, 0.2) is 30.6 Å². The molecule has 1 aliphatic carbocycles. The van der Waals surface area contributed by atoms with E-state index in [2.05, 4.69) is 24.9 Å². The molecule has 0 bridgehead atoms. The van der Waals surface area contributed by atoms with Gasteiger partial charge in [-0.05, 0) is 42.5 Å². The Morgan fingerprint density at radius 3 is 2.67 bits per heavy atom. The second kappa shape index (κ2) is 7.25. The van der Waals surface area contributed by atoms with Gasteiger partial charge in [-0.15, -0.1) is 13.2 Å². The highest BCUT2D eigenvalue weighted by Gasteiger charge is 2.31. The monoisotopic (exact) mass is 378 g/mol. The van der Waals surface area contributed by atoms with Gasteiger partial charge < -0.3 is 15.0 Å². The number of hydrogen-bond donors (Lipinski definition) is 1. The Morgan fingerprint density at radius 1 is 1.07 bits per heavy atom. The maximum absolute atomic E-state index is 12.5. The molecule has 1 saturated carbocycles. The van der Waals surface area contributed by atoms with Gasteiger partial charge in [0.05, 0.1) is 0 Å². The smallest absolute Gasteiger partial charge is 0.406 e. The van der Waals surface area contributed by atoms with E-state index >= 15 is 0 Å². The molecule has 0 amide bonds. The minimum atomic E-state index is -4.68. The summed E-state index contributed by atoms with van der Waals surface area (Å²) in [6.07, 6.45) is 2.37. The summed E-state index contributed by atoms with van der Waals surface area (Å²) in [4.78, 5) is 10.7. The molecule has 144 valence electrons. The van der Waals surface area contributed by atoms with Crippen LogP contribution in [0, 0.1) is 0 Å². The van der Waals surface area contributed by atoms with Gasteiger partial charge in [0, 0.05) is 25.2 Å². The van der Waals surface area contributed by atoms with E-state index in [9.17, 15) is 13.2 Å². The summed E-state index contributed by atoms with van der Waals surface area (Å²) in [7, 11) is 0. The van der Waals surface area contributed by atoms with Crippen molar-refractivity contribution in [1.82, 2.24) is 9.97 Å². The molecule has 2 heterocycles. The lowest BCUT2D eigenvalue weighted by atomic mass is 9.99. The van der Waals surface area contributed by atoms with Gasteiger partial charge in [-0.3, -0.25) is 0 Å². The van der Waals surface area contributed by atoms with Crippen LogP contribution in [-0.2, 0) is 13.0 Å². The fourth-order valence-corrected chi connectivity index (χ4v) is 3.80. The van der Waals surface area contributed by atoms with Crippen LogP contribution in [0.3, 0.4) is 0 Å². The molecular weight excluding hydrogens is 357 g/mol. The van der Waals surface area contributed by atoms with E-state index in [0.717, 1.165) is 48.6 Å². The van der Waals surface area contributed by atoms with Crippen LogP contribution in [0.4, 0.5) is 24.8 Å². The quantitative estimate of drug-likeness (QED) is 0.860. The predicted molar refractivity (Wildman–Crippen MR) is 95.8 cm³/mol. The van der Waals surface area contributed by atoms with Crippen LogP contribution < -0.4 is 15.0 Å². The number of benzene rings is 1. The van der Waals surface area contributed by atoms with Gasteiger partial charge in [0.2, 0.25) is 0 Å². The van der Waals surface area contributed by atoms with Crippen molar-refractivity contribution in [2.24, 2.45) is 0 Å². The Hall–Kier alpha value is -2.51. The first-order valence-corrected chi connectivity index (χ1v) is 9.17. The molecule has 0 unspecified atom stereocenters. The minimum Gasteiger partial charge on any atom is -0.406 e. The van der Waals surface area contributed by atoms with Gasteiger partial charge in [-0.2, -0.15) is 0 Å². The summed E-state index contributed by atoms with van der Waals surface area (Å²) in [5.41, 5.74) is 1.87. The fourth-order valence-electron chi connectivity index (χ4n) is 3.80. The highest BCUT2D eigenvalue weighted by atomic mass is 19.4.